The van der Waals surface area contributed by atoms with Crippen LogP contribution in [0, 0.1) is 0 Å². The summed E-state index contributed by atoms with van der Waals surface area (Å²) in [5.74, 6) is -2.21. The SMILES string of the molecule is O=C(O)CCCCCCCCCCCCCOc1ccc(S(=O)(=O)Nc2ncc(C(=O)NCCOCCOCC(=O)NCCOCCOCC(=O)O)cn2)cc1. The molecule has 0 fully saturated rings. The normalized spacial score (nSPS) is 11.2. The van der Waals surface area contributed by atoms with Crippen molar-refractivity contribution >= 4 is 39.7 Å². The number of aromatic nitrogens is 2. The van der Waals surface area contributed by atoms with Crippen LogP contribution in [0.4, 0.5) is 5.95 Å². The van der Waals surface area contributed by atoms with Crippen LogP contribution >= 0.6 is 0 Å². The molecule has 2 amide bonds. The highest BCUT2D eigenvalue weighted by atomic mass is 32.2. The molecule has 18 nitrogen and oxygen atoms in total. The van der Waals surface area contributed by atoms with Crippen LogP contribution in [0.3, 0.4) is 0 Å². The molecule has 1 aromatic heterocycles. The molecule has 0 aliphatic heterocycles. The third-order valence-electron chi connectivity index (χ3n) is 7.88. The van der Waals surface area contributed by atoms with Gasteiger partial charge in [-0.05, 0) is 37.1 Å². The molecule has 0 aliphatic rings. The summed E-state index contributed by atoms with van der Waals surface area (Å²) in [6, 6.07) is 6.05. The van der Waals surface area contributed by atoms with Crippen LogP contribution in [0.25, 0.3) is 0 Å². The summed E-state index contributed by atoms with van der Waals surface area (Å²) >= 11 is 0. The minimum atomic E-state index is -3.98. The second-order valence-electron chi connectivity index (χ2n) is 12.6. The highest BCUT2D eigenvalue weighted by Crippen LogP contribution is 2.19. The van der Waals surface area contributed by atoms with Gasteiger partial charge in [-0.15, -0.1) is 0 Å². The molecule has 0 radical (unpaired) electrons. The van der Waals surface area contributed by atoms with Crippen molar-refractivity contribution in [3.8, 4) is 5.75 Å². The Morgan fingerprint density at radius 1 is 0.589 bits per heavy atom. The van der Waals surface area contributed by atoms with Crippen molar-refractivity contribution in [1.29, 1.82) is 0 Å². The van der Waals surface area contributed by atoms with E-state index in [1.807, 2.05) is 0 Å². The highest BCUT2D eigenvalue weighted by Gasteiger charge is 2.17. The van der Waals surface area contributed by atoms with Gasteiger partial charge in [-0.25, -0.2) is 27.9 Å². The first-order valence-electron chi connectivity index (χ1n) is 18.9. The molecule has 0 unspecified atom stereocenters. The maximum Gasteiger partial charge on any atom is 0.329 e. The number of ether oxygens (including phenoxy) is 5. The molecule has 56 heavy (non-hydrogen) atoms. The molecular formula is C37H57N5O13S. The molecule has 0 saturated carbocycles. The largest absolute Gasteiger partial charge is 0.494 e. The molecule has 19 heteroatoms. The van der Waals surface area contributed by atoms with Gasteiger partial charge in [0.25, 0.3) is 15.9 Å². The quantitative estimate of drug-likeness (QED) is 0.0626. The molecule has 2 rings (SSSR count). The van der Waals surface area contributed by atoms with Gasteiger partial charge in [0.15, 0.2) is 0 Å². The first-order chi connectivity index (χ1) is 27.1. The highest BCUT2D eigenvalue weighted by molar-refractivity contribution is 7.92. The molecule has 0 bridgehead atoms. The number of carbonyl (C=O) groups excluding carboxylic acids is 2. The van der Waals surface area contributed by atoms with Crippen molar-refractivity contribution in [2.75, 3.05) is 77.3 Å². The number of rotatable bonds is 35. The predicted molar refractivity (Wildman–Crippen MR) is 204 cm³/mol. The maximum absolute atomic E-state index is 12.9. The Kier molecular flexibility index (Phi) is 25.4. The third-order valence-corrected chi connectivity index (χ3v) is 9.22. The minimum Gasteiger partial charge on any atom is -0.494 e. The van der Waals surface area contributed by atoms with Crippen molar-refractivity contribution in [3.05, 3.63) is 42.2 Å². The Hall–Kier alpha value is -4.43. The summed E-state index contributed by atoms with van der Waals surface area (Å²) in [4.78, 5) is 52.9. The van der Waals surface area contributed by atoms with Crippen LogP contribution < -0.4 is 20.1 Å². The van der Waals surface area contributed by atoms with Gasteiger partial charge in [0.1, 0.15) is 19.0 Å². The van der Waals surface area contributed by atoms with Crippen molar-refractivity contribution in [3.63, 3.8) is 0 Å². The maximum atomic E-state index is 12.9. The zero-order chi connectivity index (χ0) is 40.7. The second kappa shape index (κ2) is 29.8. The fourth-order valence-corrected chi connectivity index (χ4v) is 5.93. The second-order valence-corrected chi connectivity index (χ2v) is 14.3. The van der Waals surface area contributed by atoms with E-state index in [1.165, 1.54) is 50.2 Å². The smallest absolute Gasteiger partial charge is 0.329 e. The number of nitrogens with zero attached hydrogens (tertiary/aromatic N) is 2. The van der Waals surface area contributed by atoms with Crippen molar-refractivity contribution in [2.45, 2.75) is 81.9 Å². The first kappa shape index (κ1) is 47.7. The molecule has 314 valence electrons. The Balaban J connectivity index is 1.50. The lowest BCUT2D eigenvalue weighted by atomic mass is 10.1. The lowest BCUT2D eigenvalue weighted by molar-refractivity contribution is -0.143. The zero-order valence-electron chi connectivity index (χ0n) is 31.9. The third kappa shape index (κ3) is 24.2. The van der Waals surface area contributed by atoms with E-state index in [2.05, 4.69) is 25.3 Å². The van der Waals surface area contributed by atoms with Crippen LogP contribution in [0.15, 0.2) is 41.6 Å². The fraction of sp³-hybridized carbons (Fsp3) is 0.622. The molecule has 2 aromatic rings. The molecule has 1 aromatic carbocycles. The molecule has 1 heterocycles. The van der Waals surface area contributed by atoms with Gasteiger partial charge in [0.2, 0.25) is 11.9 Å². The molecule has 5 N–H and O–H groups in total. The molecule has 0 saturated heterocycles. The van der Waals surface area contributed by atoms with Gasteiger partial charge in [0, 0.05) is 31.9 Å². The summed E-state index contributed by atoms with van der Waals surface area (Å²) in [6.07, 6.45) is 14.6. The van der Waals surface area contributed by atoms with Crippen LogP contribution in [-0.4, -0.2) is 125 Å². The van der Waals surface area contributed by atoms with Crippen molar-refractivity contribution in [2.24, 2.45) is 0 Å². The van der Waals surface area contributed by atoms with E-state index in [-0.39, 0.29) is 88.1 Å². The van der Waals surface area contributed by atoms with E-state index in [1.54, 1.807) is 12.1 Å². The zero-order valence-corrected chi connectivity index (χ0v) is 32.7. The Labute approximate surface area is 328 Å². The van der Waals surface area contributed by atoms with E-state index < -0.39 is 34.5 Å². The summed E-state index contributed by atoms with van der Waals surface area (Å²) in [6.45, 7) is 1.55. The van der Waals surface area contributed by atoms with Gasteiger partial charge in [-0.2, -0.15) is 0 Å². The Morgan fingerprint density at radius 2 is 1.11 bits per heavy atom. The number of hydrogen-bond donors (Lipinski definition) is 5. The van der Waals surface area contributed by atoms with E-state index in [9.17, 15) is 27.6 Å². The van der Waals surface area contributed by atoms with E-state index in [0.29, 0.717) is 12.4 Å². The summed E-state index contributed by atoms with van der Waals surface area (Å²) in [5.41, 5.74) is 0.124. The van der Waals surface area contributed by atoms with Gasteiger partial charge in [-0.1, -0.05) is 57.8 Å². The lowest BCUT2D eigenvalue weighted by Crippen LogP contribution is -2.31. The molecule has 0 spiro atoms. The Morgan fingerprint density at radius 3 is 1.68 bits per heavy atom. The molecule has 0 aliphatic carbocycles. The summed E-state index contributed by atoms with van der Waals surface area (Å²) < 4.78 is 54.4. The van der Waals surface area contributed by atoms with E-state index >= 15 is 0 Å². The topological polar surface area (TPSA) is 251 Å². The average molecular weight is 812 g/mol. The fourth-order valence-electron chi connectivity index (χ4n) is 4.97. The number of carbonyl (C=O) groups is 4. The monoisotopic (exact) mass is 811 g/mol. The van der Waals surface area contributed by atoms with Crippen LogP contribution in [0.1, 0.15) is 87.4 Å². The number of unbranched alkanes of at least 4 members (excludes halogenated alkanes) is 10. The minimum absolute atomic E-state index is 0.00487. The van der Waals surface area contributed by atoms with Crippen LogP contribution in [0.5, 0.6) is 5.75 Å². The van der Waals surface area contributed by atoms with Crippen molar-refractivity contribution in [1.82, 2.24) is 20.6 Å². The Bertz CT molecular complexity index is 1510. The van der Waals surface area contributed by atoms with Crippen LogP contribution in [0.2, 0.25) is 0 Å². The number of anilines is 1. The number of carboxylic acid groups (broad SMARTS) is 2. The number of aliphatic carboxylic acids is 2. The van der Waals surface area contributed by atoms with E-state index in [4.69, 9.17) is 33.9 Å². The van der Waals surface area contributed by atoms with Crippen LogP contribution in [-0.2, 0) is 43.4 Å². The molecule has 0 atom stereocenters. The van der Waals surface area contributed by atoms with Gasteiger partial charge in [0.05, 0.1) is 56.7 Å². The van der Waals surface area contributed by atoms with Crippen molar-refractivity contribution < 1.29 is 61.5 Å². The number of amides is 2. The standard InChI is InChI=1S/C37H57N5O13S/c43-33(38-17-20-51-23-25-54-29-35(46)47)28-53-24-22-52-21-18-39-36(48)30-26-40-37(41-27-30)42-56(49,50)32-15-13-31(14-16-32)55-19-11-9-7-5-3-1-2-4-6-8-10-12-34(44)45/h13-16,26-27H,1-12,17-25,28-29H2,(H,38,43)(H,39,48)(H,44,45)(H,46,47)(H,40,41,42). The lowest BCUT2D eigenvalue weighted by Gasteiger charge is -2.10. The van der Waals surface area contributed by atoms with E-state index in [0.717, 1.165) is 44.9 Å². The average Bonchev–Trinajstić information content (AvgIpc) is 3.17. The van der Waals surface area contributed by atoms with Gasteiger partial charge in [-0.3, -0.25) is 14.4 Å². The predicted octanol–water partition coefficient (Wildman–Crippen LogP) is 3.42. The summed E-state index contributed by atoms with van der Waals surface area (Å²) in [7, 11) is -3.98. The number of benzene rings is 1. The number of sulfonamides is 1. The number of carboxylic acids is 2. The number of nitrogens with one attached hydrogen (secondary N) is 3. The number of hydrogen-bond acceptors (Lipinski definition) is 13. The summed E-state index contributed by atoms with van der Waals surface area (Å²) in [5, 5.41) is 22.4. The van der Waals surface area contributed by atoms with Gasteiger partial charge >= 0.3 is 11.9 Å². The van der Waals surface area contributed by atoms with Gasteiger partial charge < -0.3 is 44.5 Å². The first-order valence-corrected chi connectivity index (χ1v) is 20.4. The molecular weight excluding hydrogens is 754 g/mol.